The molecule has 2 aromatic rings. The zero-order valence-corrected chi connectivity index (χ0v) is 12.6. The first-order chi connectivity index (χ1) is 9.40. The van der Waals surface area contributed by atoms with Gasteiger partial charge in [-0.25, -0.2) is 17.5 Å². The van der Waals surface area contributed by atoms with Crippen LogP contribution in [0.15, 0.2) is 46.0 Å². The van der Waals surface area contributed by atoms with Crippen LogP contribution in [0.1, 0.15) is 5.56 Å². The van der Waals surface area contributed by atoms with Crippen molar-refractivity contribution in [1.29, 1.82) is 0 Å². The summed E-state index contributed by atoms with van der Waals surface area (Å²) >= 11 is 3.02. The fourth-order valence-electron chi connectivity index (χ4n) is 1.51. The molecule has 0 aliphatic rings. The summed E-state index contributed by atoms with van der Waals surface area (Å²) in [5.41, 5.74) is 5.93. The van der Waals surface area contributed by atoms with Crippen LogP contribution in [0, 0.1) is 5.82 Å². The second-order valence-electron chi connectivity index (χ2n) is 3.98. The normalized spacial score (nSPS) is 11.5. The smallest absolute Gasteiger partial charge is 0.242 e. The highest BCUT2D eigenvalue weighted by molar-refractivity contribution is 9.10. The molecule has 0 amide bonds. The molecule has 1 aromatic heterocycles. The van der Waals surface area contributed by atoms with Crippen LogP contribution in [-0.4, -0.2) is 13.4 Å². The Kier molecular flexibility index (Phi) is 4.36. The van der Waals surface area contributed by atoms with Gasteiger partial charge in [-0.15, -0.1) is 0 Å². The Labute approximate surface area is 124 Å². The minimum atomic E-state index is -3.79. The number of hydrogen-bond donors (Lipinski definition) is 2. The molecule has 0 atom stereocenters. The third-order valence-corrected chi connectivity index (χ3v) is 4.92. The first-order valence-corrected chi connectivity index (χ1v) is 7.81. The molecule has 0 unspecified atom stereocenters. The molecule has 20 heavy (non-hydrogen) atoms. The van der Waals surface area contributed by atoms with E-state index in [0.717, 1.165) is 17.7 Å². The van der Waals surface area contributed by atoms with Crippen molar-refractivity contribution in [1.82, 2.24) is 9.71 Å². The number of rotatable bonds is 4. The molecule has 1 heterocycles. The van der Waals surface area contributed by atoms with Crippen molar-refractivity contribution in [3.05, 3.63) is 52.5 Å². The third kappa shape index (κ3) is 3.33. The average Bonchev–Trinajstić information content (AvgIpc) is 2.42. The van der Waals surface area contributed by atoms with Crippen molar-refractivity contribution in [2.24, 2.45) is 0 Å². The highest BCUT2D eigenvalue weighted by Crippen LogP contribution is 2.26. The first kappa shape index (κ1) is 14.9. The lowest BCUT2D eigenvalue weighted by Gasteiger charge is -2.09. The molecule has 0 saturated carbocycles. The fourth-order valence-corrected chi connectivity index (χ4v) is 3.57. The Hall–Kier alpha value is -1.51. The average molecular weight is 360 g/mol. The molecule has 3 N–H and O–H groups in total. The van der Waals surface area contributed by atoms with Crippen LogP contribution >= 0.6 is 15.9 Å². The highest BCUT2D eigenvalue weighted by Gasteiger charge is 2.19. The topological polar surface area (TPSA) is 85.1 Å². The number of nitrogens with one attached hydrogen (secondary N) is 1. The van der Waals surface area contributed by atoms with Gasteiger partial charge in [-0.05, 0) is 45.8 Å². The summed E-state index contributed by atoms with van der Waals surface area (Å²) in [6, 6.07) is 5.48. The summed E-state index contributed by atoms with van der Waals surface area (Å²) in [6.45, 7) is 0.106. The summed E-state index contributed by atoms with van der Waals surface area (Å²) in [5.74, 6) is -0.676. The van der Waals surface area contributed by atoms with E-state index in [-0.39, 0.29) is 21.6 Å². The van der Waals surface area contributed by atoms with Crippen molar-refractivity contribution >= 4 is 31.6 Å². The molecule has 106 valence electrons. The molecule has 0 aliphatic heterocycles. The van der Waals surface area contributed by atoms with Gasteiger partial charge in [-0.1, -0.05) is 0 Å². The quantitative estimate of drug-likeness (QED) is 0.818. The number of anilines is 1. The van der Waals surface area contributed by atoms with Gasteiger partial charge in [0, 0.05) is 23.4 Å². The number of nitrogens with two attached hydrogens (primary N) is 1. The summed E-state index contributed by atoms with van der Waals surface area (Å²) in [5, 5.41) is 0. The van der Waals surface area contributed by atoms with Gasteiger partial charge in [0.15, 0.2) is 0 Å². The molecule has 0 bridgehead atoms. The van der Waals surface area contributed by atoms with E-state index in [4.69, 9.17) is 5.73 Å². The van der Waals surface area contributed by atoms with Crippen molar-refractivity contribution in [2.45, 2.75) is 11.4 Å². The maximum absolute atomic E-state index is 13.2. The maximum atomic E-state index is 13.2. The number of pyridine rings is 1. The van der Waals surface area contributed by atoms with Gasteiger partial charge in [-0.2, -0.15) is 0 Å². The number of hydrogen-bond acceptors (Lipinski definition) is 4. The molecule has 8 heteroatoms. The van der Waals surface area contributed by atoms with Crippen LogP contribution in [0.3, 0.4) is 0 Å². The SMILES string of the molecule is Nc1cc(S(=O)(=O)NCc2ccncc2)c(Br)cc1F. The van der Waals surface area contributed by atoms with Gasteiger partial charge >= 0.3 is 0 Å². The minimum Gasteiger partial charge on any atom is -0.396 e. The van der Waals surface area contributed by atoms with E-state index >= 15 is 0 Å². The van der Waals surface area contributed by atoms with Crippen molar-refractivity contribution in [3.63, 3.8) is 0 Å². The standard InChI is InChI=1S/C12H11BrFN3O2S/c13-9-5-10(14)11(15)6-12(9)20(18,19)17-7-8-1-3-16-4-2-8/h1-6,17H,7,15H2. The van der Waals surface area contributed by atoms with Crippen LogP contribution in [0.4, 0.5) is 10.1 Å². The minimum absolute atomic E-state index is 0.106. The van der Waals surface area contributed by atoms with E-state index in [2.05, 4.69) is 25.6 Å². The monoisotopic (exact) mass is 359 g/mol. The van der Waals surface area contributed by atoms with Gasteiger partial charge in [0.2, 0.25) is 10.0 Å². The number of halogens is 2. The Morgan fingerprint density at radius 2 is 1.95 bits per heavy atom. The zero-order chi connectivity index (χ0) is 14.8. The van der Waals surface area contributed by atoms with Gasteiger partial charge in [-0.3, -0.25) is 4.98 Å². The number of benzene rings is 1. The van der Waals surface area contributed by atoms with Crippen LogP contribution in [0.5, 0.6) is 0 Å². The molecule has 0 aliphatic carbocycles. The summed E-state index contributed by atoms with van der Waals surface area (Å²) in [6.07, 6.45) is 3.13. The van der Waals surface area contributed by atoms with Crippen molar-refractivity contribution in [2.75, 3.05) is 5.73 Å². The fraction of sp³-hybridized carbons (Fsp3) is 0.0833. The van der Waals surface area contributed by atoms with Gasteiger partial charge in [0.05, 0.1) is 10.6 Å². The second-order valence-corrected chi connectivity index (χ2v) is 6.57. The number of sulfonamides is 1. The number of nitrogen functional groups attached to an aromatic ring is 1. The van der Waals surface area contributed by atoms with E-state index in [0.29, 0.717) is 0 Å². The largest absolute Gasteiger partial charge is 0.396 e. The first-order valence-electron chi connectivity index (χ1n) is 5.53. The molecular weight excluding hydrogens is 349 g/mol. The summed E-state index contributed by atoms with van der Waals surface area (Å²) in [7, 11) is -3.79. The molecule has 0 saturated heterocycles. The van der Waals surface area contributed by atoms with E-state index in [1.54, 1.807) is 24.5 Å². The van der Waals surface area contributed by atoms with Gasteiger partial charge in [0.1, 0.15) is 5.82 Å². The van der Waals surface area contributed by atoms with Gasteiger partial charge in [0.25, 0.3) is 0 Å². The Bertz CT molecular complexity index is 723. The van der Waals surface area contributed by atoms with Crippen LogP contribution < -0.4 is 10.5 Å². The van der Waals surface area contributed by atoms with Gasteiger partial charge < -0.3 is 5.73 Å². The Morgan fingerprint density at radius 1 is 1.30 bits per heavy atom. The van der Waals surface area contributed by atoms with E-state index in [1.807, 2.05) is 0 Å². The maximum Gasteiger partial charge on any atom is 0.242 e. The van der Waals surface area contributed by atoms with Crippen molar-refractivity contribution in [3.8, 4) is 0 Å². The second kappa shape index (κ2) is 5.86. The molecule has 2 rings (SSSR count). The lowest BCUT2D eigenvalue weighted by atomic mass is 10.3. The summed E-state index contributed by atoms with van der Waals surface area (Å²) in [4.78, 5) is 3.73. The molecular formula is C12H11BrFN3O2S. The van der Waals surface area contributed by atoms with Crippen LogP contribution in [0.2, 0.25) is 0 Å². The predicted molar refractivity (Wildman–Crippen MR) is 76.8 cm³/mol. The molecule has 0 radical (unpaired) electrons. The Morgan fingerprint density at radius 3 is 2.60 bits per heavy atom. The molecule has 0 spiro atoms. The van der Waals surface area contributed by atoms with Crippen LogP contribution in [-0.2, 0) is 16.6 Å². The molecule has 1 aromatic carbocycles. The third-order valence-electron chi connectivity index (χ3n) is 2.56. The lowest BCUT2D eigenvalue weighted by molar-refractivity contribution is 0.580. The predicted octanol–water partition coefficient (Wildman–Crippen LogP) is 2.04. The summed E-state index contributed by atoms with van der Waals surface area (Å²) < 4.78 is 40.1. The van der Waals surface area contributed by atoms with E-state index in [1.165, 1.54) is 0 Å². The highest BCUT2D eigenvalue weighted by atomic mass is 79.9. The number of nitrogens with zero attached hydrogens (tertiary/aromatic N) is 1. The van der Waals surface area contributed by atoms with E-state index in [9.17, 15) is 12.8 Å². The van der Waals surface area contributed by atoms with Crippen LogP contribution in [0.25, 0.3) is 0 Å². The Balaban J connectivity index is 2.25. The van der Waals surface area contributed by atoms with E-state index < -0.39 is 15.8 Å². The lowest BCUT2D eigenvalue weighted by Crippen LogP contribution is -2.24. The van der Waals surface area contributed by atoms with Crippen molar-refractivity contribution < 1.29 is 12.8 Å². The molecule has 5 nitrogen and oxygen atoms in total. The molecule has 0 fully saturated rings. The number of aromatic nitrogens is 1. The zero-order valence-electron chi connectivity index (χ0n) is 10.2.